The van der Waals surface area contributed by atoms with Crippen molar-refractivity contribution in [1.82, 2.24) is 5.32 Å². The van der Waals surface area contributed by atoms with Crippen LogP contribution in [0, 0.1) is 17.8 Å². The molecule has 2 saturated carbocycles. The van der Waals surface area contributed by atoms with Gasteiger partial charge in [0, 0.05) is 12.6 Å². The van der Waals surface area contributed by atoms with E-state index in [9.17, 15) is 4.79 Å². The molecule has 3 aliphatic rings. The van der Waals surface area contributed by atoms with Crippen molar-refractivity contribution in [3.63, 3.8) is 0 Å². The molecule has 1 amide bonds. The largest absolute Gasteiger partial charge is 0.486 e. The number of halogens is 1. The number of carbonyl (C=O) groups excluding carboxylic acids is 1. The van der Waals surface area contributed by atoms with Crippen LogP contribution in [-0.2, 0) is 11.3 Å². The van der Waals surface area contributed by atoms with Crippen LogP contribution in [0.15, 0.2) is 18.2 Å². The van der Waals surface area contributed by atoms with Crippen molar-refractivity contribution in [3.8, 4) is 11.5 Å². The number of fused-ring (bicyclic) bond motifs is 3. The van der Waals surface area contributed by atoms with E-state index in [0.717, 1.165) is 29.9 Å². The smallest absolute Gasteiger partial charge is 0.225 e. The standard InChI is InChI=1S/C17H22N2O3.ClH/c18-16-12-3-2-11(8-12)15(16)17(20)19-9-10-1-4-13-14(7-10)22-6-5-21-13;/h1,4,7,11-12,15-16H,2-3,5-6,8-9,18H2,(H,19,20);1H. The third-order valence-electron chi connectivity index (χ3n) is 5.36. The molecule has 5 nitrogen and oxygen atoms in total. The van der Waals surface area contributed by atoms with Gasteiger partial charge in [-0.1, -0.05) is 6.07 Å². The van der Waals surface area contributed by atoms with E-state index in [1.165, 1.54) is 6.42 Å². The molecule has 1 aromatic rings. The van der Waals surface area contributed by atoms with E-state index < -0.39 is 0 Å². The number of rotatable bonds is 3. The average molecular weight is 339 g/mol. The number of nitrogens with one attached hydrogen (secondary N) is 1. The highest BCUT2D eigenvalue weighted by molar-refractivity contribution is 5.85. The first kappa shape index (κ1) is 16.4. The third-order valence-corrected chi connectivity index (χ3v) is 5.36. The van der Waals surface area contributed by atoms with Crippen molar-refractivity contribution in [1.29, 1.82) is 0 Å². The van der Waals surface area contributed by atoms with Crippen LogP contribution in [0.5, 0.6) is 11.5 Å². The minimum Gasteiger partial charge on any atom is -0.486 e. The van der Waals surface area contributed by atoms with Crippen LogP contribution in [0.3, 0.4) is 0 Å². The molecule has 4 atom stereocenters. The average Bonchev–Trinajstić information content (AvgIpc) is 3.13. The summed E-state index contributed by atoms with van der Waals surface area (Å²) in [4.78, 5) is 12.5. The summed E-state index contributed by atoms with van der Waals surface area (Å²) >= 11 is 0. The molecule has 0 radical (unpaired) electrons. The lowest BCUT2D eigenvalue weighted by Gasteiger charge is -2.27. The molecule has 1 aliphatic heterocycles. The number of hydrogen-bond donors (Lipinski definition) is 2. The van der Waals surface area contributed by atoms with E-state index in [4.69, 9.17) is 15.2 Å². The van der Waals surface area contributed by atoms with Gasteiger partial charge in [0.2, 0.25) is 5.91 Å². The van der Waals surface area contributed by atoms with Gasteiger partial charge < -0.3 is 20.5 Å². The molecule has 1 heterocycles. The zero-order valence-corrected chi connectivity index (χ0v) is 13.8. The van der Waals surface area contributed by atoms with Gasteiger partial charge in [-0.2, -0.15) is 0 Å². The predicted molar refractivity (Wildman–Crippen MR) is 88.8 cm³/mol. The van der Waals surface area contributed by atoms with Crippen LogP contribution >= 0.6 is 12.4 Å². The Labute approximate surface area is 142 Å². The molecule has 0 aromatic heterocycles. The number of nitrogens with two attached hydrogens (primary N) is 1. The monoisotopic (exact) mass is 338 g/mol. The Morgan fingerprint density at radius 3 is 2.65 bits per heavy atom. The highest BCUT2D eigenvalue weighted by Gasteiger charge is 2.48. The van der Waals surface area contributed by atoms with E-state index >= 15 is 0 Å². The minimum absolute atomic E-state index is 0. The molecule has 23 heavy (non-hydrogen) atoms. The number of benzene rings is 1. The highest BCUT2D eigenvalue weighted by Crippen LogP contribution is 2.47. The predicted octanol–water partition coefficient (Wildman–Crippen LogP) is 1.87. The Morgan fingerprint density at radius 1 is 1.17 bits per heavy atom. The van der Waals surface area contributed by atoms with Gasteiger partial charge in [0.1, 0.15) is 13.2 Å². The fourth-order valence-corrected chi connectivity index (χ4v) is 4.23. The Bertz CT molecular complexity index is 593. The van der Waals surface area contributed by atoms with Crippen molar-refractivity contribution in [2.75, 3.05) is 13.2 Å². The van der Waals surface area contributed by atoms with Crippen molar-refractivity contribution in [2.24, 2.45) is 23.5 Å². The SMILES string of the molecule is Cl.NC1C2CCC(C2)C1C(=O)NCc1ccc2c(c1)OCCO2. The molecule has 0 spiro atoms. The minimum atomic E-state index is -0.00374. The van der Waals surface area contributed by atoms with E-state index in [-0.39, 0.29) is 30.3 Å². The molecular formula is C17H23ClN2O3. The van der Waals surface area contributed by atoms with E-state index in [1.807, 2.05) is 18.2 Å². The normalized spacial score (nSPS) is 30.7. The van der Waals surface area contributed by atoms with Crippen LogP contribution < -0.4 is 20.5 Å². The Morgan fingerprint density at radius 2 is 1.91 bits per heavy atom. The maximum atomic E-state index is 12.5. The zero-order chi connectivity index (χ0) is 15.1. The second-order valence-electron chi connectivity index (χ2n) is 6.63. The van der Waals surface area contributed by atoms with Gasteiger partial charge in [0.15, 0.2) is 11.5 Å². The number of carbonyl (C=O) groups is 1. The molecule has 0 saturated heterocycles. The van der Waals surface area contributed by atoms with Gasteiger partial charge in [0.05, 0.1) is 5.92 Å². The fourth-order valence-electron chi connectivity index (χ4n) is 4.23. The van der Waals surface area contributed by atoms with Crippen LogP contribution in [0.25, 0.3) is 0 Å². The summed E-state index contributed by atoms with van der Waals surface area (Å²) in [6.07, 6.45) is 3.47. The van der Waals surface area contributed by atoms with E-state index in [1.54, 1.807) is 0 Å². The van der Waals surface area contributed by atoms with Crippen LogP contribution in [-0.4, -0.2) is 25.2 Å². The lowest BCUT2D eigenvalue weighted by molar-refractivity contribution is -0.127. The van der Waals surface area contributed by atoms with Gasteiger partial charge in [-0.3, -0.25) is 4.79 Å². The second kappa shape index (κ2) is 6.57. The molecule has 4 rings (SSSR count). The molecule has 2 bridgehead atoms. The van der Waals surface area contributed by atoms with Gasteiger partial charge in [0.25, 0.3) is 0 Å². The number of hydrogen-bond acceptors (Lipinski definition) is 4. The van der Waals surface area contributed by atoms with Gasteiger partial charge >= 0.3 is 0 Å². The summed E-state index contributed by atoms with van der Waals surface area (Å²) in [5, 5.41) is 3.05. The van der Waals surface area contributed by atoms with Crippen molar-refractivity contribution in [3.05, 3.63) is 23.8 Å². The van der Waals surface area contributed by atoms with E-state index in [2.05, 4.69) is 5.32 Å². The quantitative estimate of drug-likeness (QED) is 0.882. The van der Waals surface area contributed by atoms with Crippen LogP contribution in [0.1, 0.15) is 24.8 Å². The first-order valence-electron chi connectivity index (χ1n) is 8.14. The zero-order valence-electron chi connectivity index (χ0n) is 13.0. The fraction of sp³-hybridized carbons (Fsp3) is 0.588. The first-order valence-corrected chi connectivity index (χ1v) is 8.14. The molecule has 2 fully saturated rings. The first-order chi connectivity index (χ1) is 10.7. The Balaban J connectivity index is 0.00000156. The molecule has 3 N–H and O–H groups in total. The molecule has 1 aromatic carbocycles. The molecule has 4 unspecified atom stereocenters. The van der Waals surface area contributed by atoms with Crippen molar-refractivity contribution >= 4 is 18.3 Å². The molecule has 2 aliphatic carbocycles. The molecule has 126 valence electrons. The summed E-state index contributed by atoms with van der Waals surface area (Å²) in [7, 11) is 0. The summed E-state index contributed by atoms with van der Waals surface area (Å²) in [5.74, 6) is 2.67. The summed E-state index contributed by atoms with van der Waals surface area (Å²) in [6, 6.07) is 5.85. The maximum Gasteiger partial charge on any atom is 0.225 e. The van der Waals surface area contributed by atoms with Gasteiger partial charge in [-0.25, -0.2) is 0 Å². The second-order valence-corrected chi connectivity index (χ2v) is 6.63. The summed E-state index contributed by atoms with van der Waals surface area (Å²) in [6.45, 7) is 1.67. The Hall–Kier alpha value is -1.46. The van der Waals surface area contributed by atoms with Crippen molar-refractivity contribution < 1.29 is 14.3 Å². The lowest BCUT2D eigenvalue weighted by Crippen LogP contribution is -2.45. The topological polar surface area (TPSA) is 73.6 Å². The van der Waals surface area contributed by atoms with E-state index in [0.29, 0.717) is 31.6 Å². The third kappa shape index (κ3) is 3.00. The Kier molecular flexibility index (Phi) is 4.69. The molecular weight excluding hydrogens is 316 g/mol. The number of ether oxygens (including phenoxy) is 2. The van der Waals surface area contributed by atoms with Crippen LogP contribution in [0.4, 0.5) is 0 Å². The van der Waals surface area contributed by atoms with Crippen LogP contribution in [0.2, 0.25) is 0 Å². The summed E-state index contributed by atoms with van der Waals surface area (Å²) < 4.78 is 11.1. The van der Waals surface area contributed by atoms with Gasteiger partial charge in [-0.15, -0.1) is 12.4 Å². The van der Waals surface area contributed by atoms with Gasteiger partial charge in [-0.05, 0) is 48.8 Å². The number of amides is 1. The molecule has 6 heteroatoms. The highest BCUT2D eigenvalue weighted by atomic mass is 35.5. The van der Waals surface area contributed by atoms with Crippen molar-refractivity contribution in [2.45, 2.75) is 31.8 Å². The summed E-state index contributed by atoms with van der Waals surface area (Å²) in [5.41, 5.74) is 7.25. The lowest BCUT2D eigenvalue weighted by atomic mass is 9.84. The maximum absolute atomic E-state index is 12.5.